The Labute approximate surface area is 91.5 Å². The Morgan fingerprint density at radius 3 is 2.75 bits per heavy atom. The number of nitro benzene ring substituents is 1. The van der Waals surface area contributed by atoms with E-state index in [2.05, 4.69) is 0 Å². The molecule has 6 nitrogen and oxygen atoms in total. The first-order valence-corrected chi connectivity index (χ1v) is 4.73. The van der Waals surface area contributed by atoms with Crippen LogP contribution in [0.15, 0.2) is 18.2 Å². The van der Waals surface area contributed by atoms with Crippen LogP contribution in [0.3, 0.4) is 0 Å². The summed E-state index contributed by atoms with van der Waals surface area (Å²) in [6, 6.07) is 6.14. The maximum atomic E-state index is 10.8. The van der Waals surface area contributed by atoms with Gasteiger partial charge in [-0.3, -0.25) is 10.1 Å². The van der Waals surface area contributed by atoms with E-state index >= 15 is 0 Å². The van der Waals surface area contributed by atoms with Crippen molar-refractivity contribution in [3.63, 3.8) is 0 Å². The van der Waals surface area contributed by atoms with Crippen LogP contribution in [0.4, 0.5) is 11.4 Å². The molecule has 1 aliphatic heterocycles. The van der Waals surface area contributed by atoms with E-state index in [0.717, 1.165) is 0 Å². The molecular formula is C10H9N3O3. The average Bonchev–Trinajstić information content (AvgIpc) is 2.23. The quantitative estimate of drug-likeness (QED) is 0.582. The smallest absolute Gasteiger partial charge is 0.292 e. The van der Waals surface area contributed by atoms with E-state index in [0.29, 0.717) is 24.3 Å². The molecule has 1 saturated heterocycles. The van der Waals surface area contributed by atoms with Gasteiger partial charge in [0, 0.05) is 19.2 Å². The summed E-state index contributed by atoms with van der Waals surface area (Å²) in [4.78, 5) is 12.0. The summed E-state index contributed by atoms with van der Waals surface area (Å²) in [5.41, 5.74) is 0.738. The van der Waals surface area contributed by atoms with Gasteiger partial charge in [-0.05, 0) is 12.1 Å². The molecule has 1 N–H and O–H groups in total. The molecule has 82 valence electrons. The molecule has 2 rings (SSSR count). The normalized spacial score (nSPS) is 15.4. The van der Waals surface area contributed by atoms with E-state index in [-0.39, 0.29) is 5.69 Å². The van der Waals surface area contributed by atoms with Crippen molar-refractivity contribution in [2.24, 2.45) is 0 Å². The molecule has 0 bridgehead atoms. The highest BCUT2D eigenvalue weighted by Crippen LogP contribution is 2.32. The predicted octanol–water partition coefficient (Wildman–Crippen LogP) is 0.647. The lowest BCUT2D eigenvalue weighted by molar-refractivity contribution is -0.384. The van der Waals surface area contributed by atoms with Crippen LogP contribution in [0.25, 0.3) is 0 Å². The monoisotopic (exact) mass is 219 g/mol. The topological polar surface area (TPSA) is 90.4 Å². The van der Waals surface area contributed by atoms with Crippen molar-refractivity contribution in [3.05, 3.63) is 33.9 Å². The van der Waals surface area contributed by atoms with E-state index in [4.69, 9.17) is 10.4 Å². The van der Waals surface area contributed by atoms with Crippen LogP contribution in [0.1, 0.15) is 5.56 Å². The van der Waals surface area contributed by atoms with Gasteiger partial charge in [0.25, 0.3) is 5.69 Å². The van der Waals surface area contributed by atoms with Gasteiger partial charge in [0.05, 0.1) is 22.7 Å². The average molecular weight is 219 g/mol. The van der Waals surface area contributed by atoms with Gasteiger partial charge in [-0.25, -0.2) is 0 Å². The number of aliphatic hydroxyl groups excluding tert-OH is 1. The van der Waals surface area contributed by atoms with Crippen molar-refractivity contribution in [2.45, 2.75) is 6.10 Å². The van der Waals surface area contributed by atoms with E-state index in [1.54, 1.807) is 4.90 Å². The number of benzene rings is 1. The standard InChI is InChI=1S/C10H9N3O3/c11-4-7-1-2-9(13(15)16)10(3-7)12-5-8(14)6-12/h1-3,8,14H,5-6H2. The van der Waals surface area contributed by atoms with Crippen molar-refractivity contribution in [3.8, 4) is 6.07 Å². The van der Waals surface area contributed by atoms with Gasteiger partial charge < -0.3 is 10.0 Å². The molecule has 0 aromatic heterocycles. The Morgan fingerprint density at radius 2 is 2.25 bits per heavy atom. The highest BCUT2D eigenvalue weighted by atomic mass is 16.6. The zero-order valence-corrected chi connectivity index (χ0v) is 8.33. The molecule has 0 atom stereocenters. The number of nitro groups is 1. The van der Waals surface area contributed by atoms with Crippen LogP contribution in [0.2, 0.25) is 0 Å². The molecule has 1 heterocycles. The molecule has 0 amide bonds. The lowest BCUT2D eigenvalue weighted by Crippen LogP contribution is -2.51. The Bertz CT molecular complexity index is 475. The van der Waals surface area contributed by atoms with E-state index in [1.165, 1.54) is 18.2 Å². The highest BCUT2D eigenvalue weighted by Gasteiger charge is 2.29. The second kappa shape index (κ2) is 3.79. The van der Waals surface area contributed by atoms with Gasteiger partial charge in [-0.15, -0.1) is 0 Å². The fourth-order valence-electron chi connectivity index (χ4n) is 1.65. The second-order valence-electron chi connectivity index (χ2n) is 3.63. The van der Waals surface area contributed by atoms with E-state index < -0.39 is 11.0 Å². The number of nitrogens with zero attached hydrogens (tertiary/aromatic N) is 3. The van der Waals surface area contributed by atoms with E-state index in [1.807, 2.05) is 6.07 Å². The number of rotatable bonds is 2. The number of nitriles is 1. The van der Waals surface area contributed by atoms with Crippen LogP contribution in [0.5, 0.6) is 0 Å². The zero-order valence-electron chi connectivity index (χ0n) is 8.33. The maximum Gasteiger partial charge on any atom is 0.292 e. The zero-order chi connectivity index (χ0) is 11.7. The number of hydrogen-bond acceptors (Lipinski definition) is 5. The van der Waals surface area contributed by atoms with Crippen LogP contribution in [-0.2, 0) is 0 Å². The van der Waals surface area contributed by atoms with Crippen molar-refractivity contribution in [1.29, 1.82) is 5.26 Å². The highest BCUT2D eigenvalue weighted by molar-refractivity contribution is 5.67. The predicted molar refractivity (Wildman–Crippen MR) is 56.0 cm³/mol. The van der Waals surface area contributed by atoms with Crippen LogP contribution >= 0.6 is 0 Å². The van der Waals surface area contributed by atoms with E-state index in [9.17, 15) is 10.1 Å². The maximum absolute atomic E-state index is 10.8. The number of β-amino-alcohol motifs (C(OH)–C–C–N with tert-alkyl or cyclic N) is 1. The van der Waals surface area contributed by atoms with Gasteiger partial charge in [-0.1, -0.05) is 0 Å². The minimum absolute atomic E-state index is 0.0362. The van der Waals surface area contributed by atoms with Crippen molar-refractivity contribution < 1.29 is 10.0 Å². The third kappa shape index (κ3) is 1.68. The number of hydrogen-bond donors (Lipinski definition) is 1. The Balaban J connectivity index is 2.39. The van der Waals surface area contributed by atoms with Gasteiger partial charge in [-0.2, -0.15) is 5.26 Å². The van der Waals surface area contributed by atoms with Crippen LogP contribution in [0, 0.1) is 21.4 Å². The lowest BCUT2D eigenvalue weighted by atomic mass is 10.1. The molecular weight excluding hydrogens is 210 g/mol. The summed E-state index contributed by atoms with van der Waals surface area (Å²) in [6.45, 7) is 0.742. The largest absolute Gasteiger partial charge is 0.389 e. The molecule has 1 fully saturated rings. The third-order valence-electron chi connectivity index (χ3n) is 2.50. The van der Waals surface area contributed by atoms with Crippen LogP contribution < -0.4 is 4.90 Å². The fraction of sp³-hybridized carbons (Fsp3) is 0.300. The minimum Gasteiger partial charge on any atom is -0.389 e. The lowest BCUT2D eigenvalue weighted by Gasteiger charge is -2.37. The third-order valence-corrected chi connectivity index (χ3v) is 2.50. The molecule has 0 unspecified atom stereocenters. The van der Waals surface area contributed by atoms with Gasteiger partial charge >= 0.3 is 0 Å². The molecule has 0 spiro atoms. The van der Waals surface area contributed by atoms with Crippen molar-refractivity contribution in [2.75, 3.05) is 18.0 Å². The summed E-state index contributed by atoms with van der Waals surface area (Å²) in [6.07, 6.45) is -0.439. The Hall–Kier alpha value is -2.13. The van der Waals surface area contributed by atoms with Crippen molar-refractivity contribution >= 4 is 11.4 Å². The summed E-state index contributed by atoms with van der Waals surface area (Å²) in [5.74, 6) is 0. The molecule has 1 aliphatic rings. The van der Waals surface area contributed by atoms with Gasteiger partial charge in [0.2, 0.25) is 0 Å². The van der Waals surface area contributed by atoms with Gasteiger partial charge in [0.15, 0.2) is 0 Å². The van der Waals surface area contributed by atoms with Crippen molar-refractivity contribution in [1.82, 2.24) is 0 Å². The first kappa shape index (κ1) is 10.4. The molecule has 16 heavy (non-hydrogen) atoms. The second-order valence-corrected chi connectivity index (χ2v) is 3.63. The summed E-state index contributed by atoms with van der Waals surface area (Å²) < 4.78 is 0. The first-order chi connectivity index (χ1) is 7.61. The van der Waals surface area contributed by atoms with Gasteiger partial charge in [0.1, 0.15) is 5.69 Å². The molecule has 0 aliphatic carbocycles. The molecule has 0 radical (unpaired) electrons. The van der Waals surface area contributed by atoms with Crippen LogP contribution in [-0.4, -0.2) is 29.2 Å². The fourth-order valence-corrected chi connectivity index (χ4v) is 1.65. The SMILES string of the molecule is N#Cc1ccc([N+](=O)[O-])c(N2CC(O)C2)c1. The molecule has 6 heteroatoms. The number of aliphatic hydroxyl groups is 1. The Kier molecular flexibility index (Phi) is 2.46. The number of anilines is 1. The molecule has 1 aromatic carbocycles. The minimum atomic E-state index is -0.485. The Morgan fingerprint density at radius 1 is 1.56 bits per heavy atom. The first-order valence-electron chi connectivity index (χ1n) is 4.73. The summed E-state index contributed by atoms with van der Waals surface area (Å²) in [5, 5.41) is 28.7. The summed E-state index contributed by atoms with van der Waals surface area (Å²) in [7, 11) is 0. The molecule has 0 saturated carbocycles. The summed E-state index contributed by atoms with van der Waals surface area (Å²) >= 11 is 0. The molecule has 1 aromatic rings.